The quantitative estimate of drug-likeness (QED) is 0.641. The van der Waals surface area contributed by atoms with Crippen LogP contribution in [0.2, 0.25) is 0 Å². The highest BCUT2D eigenvalue weighted by Crippen LogP contribution is 2.38. The third-order valence-electron chi connectivity index (χ3n) is 5.50. The zero-order chi connectivity index (χ0) is 21.7. The Balaban J connectivity index is 1.60. The van der Waals surface area contributed by atoms with Gasteiger partial charge in [-0.05, 0) is 30.9 Å². The number of amidine groups is 1. The first kappa shape index (κ1) is 22.1. The number of nitrogens with zero attached hydrogens (tertiary/aromatic N) is 1. The number of hydrogen-bond acceptors (Lipinski definition) is 6. The molecular weight excluding hydrogens is 406 g/mol. The average molecular weight is 434 g/mol. The molecule has 1 aromatic carbocycles. The summed E-state index contributed by atoms with van der Waals surface area (Å²) in [6.07, 6.45) is 2.04. The number of benzene rings is 1. The number of rotatable bonds is 7. The molecule has 2 N–H and O–H groups in total. The summed E-state index contributed by atoms with van der Waals surface area (Å²) in [5.74, 6) is 0.0814. The van der Waals surface area contributed by atoms with Gasteiger partial charge in [0.15, 0.2) is 16.7 Å². The molecule has 2 heterocycles. The average Bonchev–Trinajstić information content (AvgIpc) is 2.72. The van der Waals surface area contributed by atoms with Crippen molar-refractivity contribution in [3.8, 4) is 11.5 Å². The molecule has 0 saturated heterocycles. The van der Waals surface area contributed by atoms with Crippen LogP contribution in [0, 0.1) is 11.3 Å². The largest absolute Gasteiger partial charge is 0.486 e. The van der Waals surface area contributed by atoms with Crippen LogP contribution in [0.1, 0.15) is 40.0 Å². The van der Waals surface area contributed by atoms with Crippen LogP contribution >= 0.6 is 11.8 Å². The Labute approximate surface area is 180 Å². The Morgan fingerprint density at radius 2 is 2.00 bits per heavy atom. The second-order valence-corrected chi connectivity index (χ2v) is 8.35. The maximum Gasteiger partial charge on any atom is 0.264 e. The fraction of sp³-hybridized carbons (Fsp3) is 0.524. The van der Waals surface area contributed by atoms with Crippen LogP contribution in [0.5, 0.6) is 11.5 Å². The van der Waals surface area contributed by atoms with Gasteiger partial charge < -0.3 is 20.1 Å². The van der Waals surface area contributed by atoms with E-state index in [9.17, 15) is 14.4 Å². The molecule has 162 valence electrons. The molecule has 2 unspecified atom stereocenters. The Morgan fingerprint density at radius 3 is 2.67 bits per heavy atom. The Morgan fingerprint density at radius 1 is 1.27 bits per heavy atom. The van der Waals surface area contributed by atoms with E-state index in [-0.39, 0.29) is 28.7 Å². The zero-order valence-corrected chi connectivity index (χ0v) is 18.3. The fourth-order valence-electron chi connectivity index (χ4n) is 3.82. The topological polar surface area (TPSA) is 106 Å². The lowest BCUT2D eigenvalue weighted by Crippen LogP contribution is -2.54. The summed E-state index contributed by atoms with van der Waals surface area (Å²) >= 11 is 1.03. The van der Waals surface area contributed by atoms with Gasteiger partial charge in [-0.1, -0.05) is 39.0 Å². The number of nitrogens with one attached hydrogen (secondary N) is 2. The van der Waals surface area contributed by atoms with Crippen molar-refractivity contribution in [2.75, 3.05) is 24.3 Å². The second kappa shape index (κ2) is 9.51. The summed E-state index contributed by atoms with van der Waals surface area (Å²) < 4.78 is 11.0. The Hall–Kier alpha value is -2.55. The standard InChI is InChI=1S/C21H27N3O5S/c1-4-6-13(3)21(5-2)18(26)23-20(24-19(21)27)30-12-17(25)22-14-7-8-15-16(11-14)29-10-9-28-15/h7-8,11,13H,4-6,9-10,12H2,1-3H3,(H,22,25)(H,23,24,26,27). The van der Waals surface area contributed by atoms with E-state index in [2.05, 4.69) is 15.6 Å². The number of amides is 3. The zero-order valence-electron chi connectivity index (χ0n) is 17.4. The molecule has 0 bridgehead atoms. The van der Waals surface area contributed by atoms with E-state index >= 15 is 0 Å². The summed E-state index contributed by atoms with van der Waals surface area (Å²) in [7, 11) is 0. The van der Waals surface area contributed by atoms with E-state index < -0.39 is 11.3 Å². The van der Waals surface area contributed by atoms with Gasteiger partial charge in [0.2, 0.25) is 11.8 Å². The van der Waals surface area contributed by atoms with Gasteiger partial charge in [0.1, 0.15) is 18.6 Å². The molecule has 0 spiro atoms. The van der Waals surface area contributed by atoms with Gasteiger partial charge in [-0.25, -0.2) is 0 Å². The molecule has 0 saturated carbocycles. The number of ether oxygens (including phenoxy) is 2. The van der Waals surface area contributed by atoms with E-state index in [1.807, 2.05) is 20.8 Å². The third kappa shape index (κ3) is 4.45. The first-order valence-electron chi connectivity index (χ1n) is 10.2. The molecule has 8 nitrogen and oxygen atoms in total. The number of aliphatic imine (C=N–C) groups is 1. The molecule has 2 aliphatic heterocycles. The van der Waals surface area contributed by atoms with Crippen molar-refractivity contribution in [2.24, 2.45) is 16.3 Å². The van der Waals surface area contributed by atoms with Gasteiger partial charge in [-0.3, -0.25) is 14.4 Å². The van der Waals surface area contributed by atoms with Gasteiger partial charge in [0.25, 0.3) is 5.91 Å². The molecule has 30 heavy (non-hydrogen) atoms. The summed E-state index contributed by atoms with van der Waals surface area (Å²) in [5, 5.41) is 5.66. The molecule has 3 rings (SSSR count). The van der Waals surface area contributed by atoms with E-state index in [1.54, 1.807) is 18.2 Å². The number of fused-ring (bicyclic) bond motifs is 1. The van der Waals surface area contributed by atoms with Crippen molar-refractivity contribution in [3.63, 3.8) is 0 Å². The maximum absolute atomic E-state index is 12.8. The minimum atomic E-state index is -1.13. The Bertz CT molecular complexity index is 872. The minimum absolute atomic E-state index is 0.00444. The summed E-state index contributed by atoms with van der Waals surface area (Å²) in [4.78, 5) is 42.0. The highest BCUT2D eigenvalue weighted by molar-refractivity contribution is 8.14. The van der Waals surface area contributed by atoms with E-state index in [0.29, 0.717) is 36.8 Å². The molecule has 2 atom stereocenters. The van der Waals surface area contributed by atoms with Crippen LogP contribution in [0.25, 0.3) is 0 Å². The minimum Gasteiger partial charge on any atom is -0.486 e. The summed E-state index contributed by atoms with van der Waals surface area (Å²) in [6.45, 7) is 6.73. The van der Waals surface area contributed by atoms with Crippen LogP contribution in [0.15, 0.2) is 23.2 Å². The lowest BCUT2D eigenvalue weighted by molar-refractivity contribution is -0.145. The number of thioether (sulfide) groups is 1. The van der Waals surface area contributed by atoms with Crippen LogP contribution < -0.4 is 20.1 Å². The number of carbonyl (C=O) groups is 3. The highest BCUT2D eigenvalue weighted by atomic mass is 32.2. The molecule has 2 aliphatic rings. The number of hydrogen-bond donors (Lipinski definition) is 2. The molecule has 3 amide bonds. The maximum atomic E-state index is 12.8. The van der Waals surface area contributed by atoms with Crippen molar-refractivity contribution in [3.05, 3.63) is 18.2 Å². The van der Waals surface area contributed by atoms with Crippen LogP contribution in [-0.2, 0) is 14.4 Å². The van der Waals surface area contributed by atoms with Crippen molar-refractivity contribution in [1.29, 1.82) is 0 Å². The second-order valence-electron chi connectivity index (χ2n) is 7.39. The third-order valence-corrected chi connectivity index (χ3v) is 6.37. The smallest absolute Gasteiger partial charge is 0.264 e. The molecule has 1 aromatic rings. The van der Waals surface area contributed by atoms with Gasteiger partial charge in [-0.15, -0.1) is 0 Å². The lowest BCUT2D eigenvalue weighted by Gasteiger charge is -2.36. The summed E-state index contributed by atoms with van der Waals surface area (Å²) in [5.41, 5.74) is -0.554. The van der Waals surface area contributed by atoms with Crippen molar-refractivity contribution in [2.45, 2.75) is 40.0 Å². The van der Waals surface area contributed by atoms with Crippen molar-refractivity contribution < 1.29 is 23.9 Å². The highest BCUT2D eigenvalue weighted by Gasteiger charge is 2.51. The van der Waals surface area contributed by atoms with Crippen molar-refractivity contribution >= 4 is 40.3 Å². The monoisotopic (exact) mass is 433 g/mol. The van der Waals surface area contributed by atoms with Gasteiger partial charge in [0.05, 0.1) is 5.75 Å². The molecule has 0 radical (unpaired) electrons. The van der Waals surface area contributed by atoms with Crippen LogP contribution in [0.4, 0.5) is 5.69 Å². The fourth-order valence-corrected chi connectivity index (χ4v) is 4.47. The lowest BCUT2D eigenvalue weighted by atomic mass is 9.70. The molecule has 0 aliphatic carbocycles. The summed E-state index contributed by atoms with van der Waals surface area (Å²) in [6, 6.07) is 5.17. The van der Waals surface area contributed by atoms with E-state index in [1.165, 1.54) is 0 Å². The molecule has 0 aromatic heterocycles. The number of carbonyl (C=O) groups excluding carboxylic acids is 3. The number of anilines is 1. The van der Waals surface area contributed by atoms with Gasteiger partial charge in [0, 0.05) is 11.8 Å². The van der Waals surface area contributed by atoms with Crippen molar-refractivity contribution in [1.82, 2.24) is 5.32 Å². The SMILES string of the molecule is CCCC(C)C1(CC)C(=O)N=C(SCC(=O)Nc2ccc3c(c2)OCCO3)NC1=O. The van der Waals surface area contributed by atoms with E-state index in [0.717, 1.165) is 24.6 Å². The first-order chi connectivity index (χ1) is 14.4. The van der Waals surface area contributed by atoms with Crippen LogP contribution in [-0.4, -0.2) is 41.9 Å². The normalized spacial score (nSPS) is 21.5. The molecular formula is C21H27N3O5S. The van der Waals surface area contributed by atoms with Gasteiger partial charge >= 0.3 is 0 Å². The van der Waals surface area contributed by atoms with Crippen LogP contribution in [0.3, 0.4) is 0 Å². The first-order valence-corrected chi connectivity index (χ1v) is 11.2. The predicted molar refractivity (Wildman–Crippen MR) is 116 cm³/mol. The molecule has 9 heteroatoms. The Kier molecular flexibility index (Phi) is 7.02. The molecule has 0 fully saturated rings. The van der Waals surface area contributed by atoms with Gasteiger partial charge in [-0.2, -0.15) is 4.99 Å². The van der Waals surface area contributed by atoms with E-state index in [4.69, 9.17) is 9.47 Å². The predicted octanol–water partition coefficient (Wildman–Crippen LogP) is 2.97.